The first kappa shape index (κ1) is 35.0. The number of nitrogens with zero attached hydrogens (tertiary/aromatic N) is 2. The summed E-state index contributed by atoms with van der Waals surface area (Å²) in [7, 11) is 0. The third-order valence-electron chi connectivity index (χ3n) is 5.64. The molecule has 0 amide bonds. The first-order chi connectivity index (χ1) is 18.8. The molecule has 1 aliphatic heterocycles. The Labute approximate surface area is 238 Å². The molecule has 0 spiro atoms. The number of rotatable bonds is 13. The van der Waals surface area contributed by atoms with Gasteiger partial charge in [0.05, 0.1) is 25.0 Å². The quantitative estimate of drug-likeness (QED) is 0.147. The maximum Gasteiger partial charge on any atom is 0.351 e. The molecule has 234 valence electrons. The van der Waals surface area contributed by atoms with Crippen LogP contribution in [0.15, 0.2) is 11.0 Å². The van der Waals surface area contributed by atoms with Crippen LogP contribution in [0.1, 0.15) is 47.8 Å². The molecule has 1 aliphatic rings. The molecule has 6 N–H and O–H groups in total. The Balaban J connectivity index is 2.41. The van der Waals surface area contributed by atoms with Gasteiger partial charge in [-0.2, -0.15) is 4.98 Å². The fraction of sp³-hybridized carbons (Fsp3) is 0.727. The number of hydrogen-bond donors (Lipinski definition) is 5. The van der Waals surface area contributed by atoms with E-state index < -0.39 is 97.2 Å². The molecule has 1 aromatic rings. The number of anilines is 1. The summed E-state index contributed by atoms with van der Waals surface area (Å²) in [4.78, 5) is 40.3. The number of nitrogen functional groups attached to an aromatic ring is 1. The smallest absolute Gasteiger partial charge is 0.351 e. The van der Waals surface area contributed by atoms with Crippen LogP contribution in [0.4, 0.5) is 19.0 Å². The minimum atomic E-state index is -3.85. The van der Waals surface area contributed by atoms with E-state index >= 15 is 0 Å². The summed E-state index contributed by atoms with van der Waals surface area (Å²) in [5, 5.41) is 26.5. The van der Waals surface area contributed by atoms with E-state index in [0.29, 0.717) is 10.8 Å². The second kappa shape index (κ2) is 13.9. The third-order valence-corrected chi connectivity index (χ3v) is 8.54. The van der Waals surface area contributed by atoms with Crippen molar-refractivity contribution in [2.45, 2.75) is 96.3 Å². The zero-order valence-corrected chi connectivity index (χ0v) is 24.8. The van der Waals surface area contributed by atoms with E-state index in [0.717, 1.165) is 0 Å². The van der Waals surface area contributed by atoms with Gasteiger partial charge in [-0.15, -0.1) is 0 Å². The number of hydrogen-bond acceptors (Lipinski definition) is 12. The van der Waals surface area contributed by atoms with Crippen LogP contribution >= 0.6 is 6.57 Å². The Bertz CT molecular complexity index is 1180. The van der Waals surface area contributed by atoms with Crippen LogP contribution < -0.4 is 21.6 Å². The van der Waals surface area contributed by atoms with Crippen molar-refractivity contribution in [1.29, 1.82) is 0 Å². The van der Waals surface area contributed by atoms with E-state index in [2.05, 4.69) is 15.2 Å². The summed E-state index contributed by atoms with van der Waals surface area (Å²) in [5.74, 6) is -3.54. The first-order valence-electron chi connectivity index (χ1n) is 12.4. The molecule has 0 radical (unpaired) electrons. The minimum absolute atomic E-state index is 0.351. The van der Waals surface area contributed by atoms with Crippen LogP contribution in [-0.4, -0.2) is 86.8 Å². The number of esters is 2. The Morgan fingerprint density at radius 3 is 2.07 bits per heavy atom. The topological polar surface area (TPSA) is 196 Å². The van der Waals surface area contributed by atoms with Gasteiger partial charge < -0.3 is 34.7 Å². The minimum Gasteiger partial charge on any atom is -0.462 e. The van der Waals surface area contributed by atoms with Gasteiger partial charge in [0.15, 0.2) is 30.0 Å². The molecule has 1 saturated heterocycles. The van der Waals surface area contributed by atoms with Crippen LogP contribution in [0, 0.1) is 5.82 Å². The van der Waals surface area contributed by atoms with E-state index in [-0.39, 0.29) is 0 Å². The lowest BCUT2D eigenvalue weighted by atomic mass is 9.96. The highest BCUT2D eigenvalue weighted by molar-refractivity contribution is 8.10. The van der Waals surface area contributed by atoms with Crippen molar-refractivity contribution in [3.05, 3.63) is 22.5 Å². The van der Waals surface area contributed by atoms with Crippen molar-refractivity contribution < 1.29 is 51.7 Å². The predicted octanol–water partition coefficient (Wildman–Crippen LogP) is 0.320. The maximum atomic E-state index is 14.5. The lowest BCUT2D eigenvalue weighted by molar-refractivity contribution is -0.191. The number of alkyl halides is 2. The number of carbonyl (C=O) groups is 2. The molecular weight excluding hydrogens is 598 g/mol. The third kappa shape index (κ3) is 8.44. The number of ether oxygens (including phenoxy) is 3. The normalized spacial score (nSPS) is 25.8. The molecule has 0 aromatic carbocycles. The highest BCUT2D eigenvalue weighted by atomic mass is 32.4. The van der Waals surface area contributed by atoms with E-state index in [1.54, 1.807) is 27.7 Å². The first-order valence-corrected chi connectivity index (χ1v) is 15.1. The second-order valence-corrected chi connectivity index (χ2v) is 13.3. The average Bonchev–Trinajstić information content (AvgIpc) is 3.10. The Morgan fingerprint density at radius 2 is 1.63 bits per heavy atom. The number of nitrogens with two attached hydrogens (primary N) is 1. The van der Waals surface area contributed by atoms with Crippen LogP contribution in [-0.2, 0) is 40.1 Å². The largest absolute Gasteiger partial charge is 0.462 e. The van der Waals surface area contributed by atoms with E-state index in [9.17, 15) is 37.8 Å². The van der Waals surface area contributed by atoms with Gasteiger partial charge in [-0.3, -0.25) is 14.2 Å². The summed E-state index contributed by atoms with van der Waals surface area (Å²) in [6.45, 7) is 4.01. The molecule has 2 heterocycles. The van der Waals surface area contributed by atoms with Crippen molar-refractivity contribution in [3.63, 3.8) is 0 Å². The number of aliphatic hydroxyl groups excluding tert-OH is 2. The highest BCUT2D eigenvalue weighted by Crippen LogP contribution is 2.46. The fourth-order valence-corrected chi connectivity index (χ4v) is 6.57. The van der Waals surface area contributed by atoms with Gasteiger partial charge in [0.2, 0.25) is 0 Å². The molecule has 19 heteroatoms. The molecule has 6 atom stereocenters. The zero-order chi connectivity index (χ0) is 31.4. The van der Waals surface area contributed by atoms with Gasteiger partial charge in [-0.1, -0.05) is 0 Å². The number of carbonyl (C=O) groups excluding carboxylic acids is 2. The maximum absolute atomic E-state index is 14.5. The van der Waals surface area contributed by atoms with Gasteiger partial charge in [-0.05, 0) is 53.3 Å². The van der Waals surface area contributed by atoms with Crippen molar-refractivity contribution in [2.75, 3.05) is 12.3 Å². The molecular formula is C22H35F3N5O9PS. The molecule has 1 fully saturated rings. The Morgan fingerprint density at radius 1 is 1.15 bits per heavy atom. The van der Waals surface area contributed by atoms with Crippen molar-refractivity contribution in [2.24, 2.45) is 0 Å². The number of aliphatic hydroxyl groups is 2. The number of nitrogens with one attached hydrogen (secondary N) is 2. The van der Waals surface area contributed by atoms with E-state index in [1.807, 2.05) is 0 Å². The van der Waals surface area contributed by atoms with Crippen LogP contribution in [0.5, 0.6) is 0 Å². The predicted molar refractivity (Wildman–Crippen MR) is 142 cm³/mol. The average molecular weight is 634 g/mol. The zero-order valence-electron chi connectivity index (χ0n) is 23.1. The number of aromatic nitrogens is 2. The Hall–Kier alpha value is -2.18. The molecule has 0 aliphatic carbocycles. The summed E-state index contributed by atoms with van der Waals surface area (Å²) >= 11 is 5.51. The van der Waals surface area contributed by atoms with Crippen LogP contribution in [0.2, 0.25) is 0 Å². The standard InChI is InChI=1S/C22H35F3N5O9PS/c1-9(2)37-18(33)11(5)28-40(41,29-12(6)19(34)38-10(3)4)36-8-22(20(24)25)15(32)14(31)17(39-22)30-7-13(23)16(26)27-21(30)35/h7,9-12,14-15,17,20,31-32H,8H2,1-6H3,(H2,26,27,35)(H2,28,29,41). The van der Waals surface area contributed by atoms with Crippen LogP contribution in [0.25, 0.3) is 0 Å². The molecule has 2 rings (SSSR count). The SMILES string of the molecule is CC(C)OC(=O)C(C)NP(=S)(NC(C)C(=O)OC(C)C)OCC1(C(F)F)OC(n2cc(F)c(N)nc2=O)C(O)C1O. The molecule has 6 unspecified atom stereocenters. The number of halogens is 3. The molecule has 0 saturated carbocycles. The highest BCUT2D eigenvalue weighted by Gasteiger charge is 2.61. The van der Waals surface area contributed by atoms with E-state index in [4.69, 9.17) is 36.3 Å². The summed E-state index contributed by atoms with van der Waals surface area (Å²) < 4.78 is 64.5. The van der Waals surface area contributed by atoms with E-state index in [1.165, 1.54) is 13.8 Å². The monoisotopic (exact) mass is 633 g/mol. The summed E-state index contributed by atoms with van der Waals surface area (Å²) in [6.07, 6.45) is -10.7. The van der Waals surface area contributed by atoms with Gasteiger partial charge in [-0.25, -0.2) is 28.1 Å². The second-order valence-electron chi connectivity index (χ2n) is 9.86. The molecule has 0 bridgehead atoms. The lowest BCUT2D eigenvalue weighted by Gasteiger charge is -2.35. The molecule has 41 heavy (non-hydrogen) atoms. The lowest BCUT2D eigenvalue weighted by Crippen LogP contribution is -2.53. The Kier molecular flexibility index (Phi) is 11.8. The van der Waals surface area contributed by atoms with Gasteiger partial charge in [0.1, 0.15) is 24.3 Å². The van der Waals surface area contributed by atoms with Gasteiger partial charge in [0.25, 0.3) is 6.43 Å². The van der Waals surface area contributed by atoms with Gasteiger partial charge in [0, 0.05) is 0 Å². The fourth-order valence-electron chi connectivity index (χ4n) is 3.62. The summed E-state index contributed by atoms with van der Waals surface area (Å²) in [5.41, 5.74) is 0.972. The van der Waals surface area contributed by atoms with Crippen molar-refractivity contribution in [3.8, 4) is 0 Å². The van der Waals surface area contributed by atoms with Crippen molar-refractivity contribution in [1.82, 2.24) is 19.7 Å². The van der Waals surface area contributed by atoms with Crippen LogP contribution in [0.3, 0.4) is 0 Å². The molecule has 14 nitrogen and oxygen atoms in total. The van der Waals surface area contributed by atoms with Crippen molar-refractivity contribution >= 4 is 36.1 Å². The molecule has 1 aromatic heterocycles. The summed E-state index contributed by atoms with van der Waals surface area (Å²) in [6, 6.07) is -2.33. The van der Waals surface area contributed by atoms with Gasteiger partial charge >= 0.3 is 17.6 Å².